The standard InChI is InChI=1S/C15H21ClN2O2/c1-2-17-12-6-5-11(16)9-13(12)18-14(19)10-15(20)7-3-4-8-15/h5-6,9,17,20H,2-4,7-8,10H2,1H3,(H,18,19). The molecule has 0 aromatic heterocycles. The zero-order valence-electron chi connectivity index (χ0n) is 11.7. The molecular formula is C15H21ClN2O2. The van der Waals surface area contributed by atoms with E-state index in [1.54, 1.807) is 12.1 Å². The number of hydrogen-bond donors (Lipinski definition) is 3. The van der Waals surface area contributed by atoms with E-state index in [1.165, 1.54) is 0 Å². The Morgan fingerprint density at radius 3 is 2.70 bits per heavy atom. The minimum absolute atomic E-state index is 0.144. The summed E-state index contributed by atoms with van der Waals surface area (Å²) in [5.41, 5.74) is 0.663. The first-order valence-electron chi connectivity index (χ1n) is 7.08. The van der Waals surface area contributed by atoms with Crippen LogP contribution in [0.3, 0.4) is 0 Å². The molecule has 0 atom stereocenters. The van der Waals surface area contributed by atoms with E-state index in [0.717, 1.165) is 25.1 Å². The lowest BCUT2D eigenvalue weighted by atomic mass is 9.97. The fourth-order valence-electron chi connectivity index (χ4n) is 2.67. The van der Waals surface area contributed by atoms with Crippen LogP contribution in [0.1, 0.15) is 39.0 Å². The number of rotatable bonds is 5. The summed E-state index contributed by atoms with van der Waals surface area (Å²) in [5, 5.41) is 16.9. The number of aliphatic hydroxyl groups is 1. The Bertz CT molecular complexity index is 485. The Hall–Kier alpha value is -1.26. The maximum atomic E-state index is 12.1. The highest BCUT2D eigenvalue weighted by atomic mass is 35.5. The first-order valence-corrected chi connectivity index (χ1v) is 7.46. The summed E-state index contributed by atoms with van der Waals surface area (Å²) >= 11 is 5.97. The number of hydrogen-bond acceptors (Lipinski definition) is 3. The fraction of sp³-hybridized carbons (Fsp3) is 0.533. The summed E-state index contributed by atoms with van der Waals surface area (Å²) in [5.74, 6) is -0.171. The van der Waals surface area contributed by atoms with Gasteiger partial charge in [-0.1, -0.05) is 24.4 Å². The van der Waals surface area contributed by atoms with Gasteiger partial charge in [0.15, 0.2) is 0 Å². The molecule has 1 aliphatic rings. The van der Waals surface area contributed by atoms with Crippen molar-refractivity contribution in [3.05, 3.63) is 23.2 Å². The molecule has 0 bridgehead atoms. The van der Waals surface area contributed by atoms with Crippen molar-refractivity contribution in [2.24, 2.45) is 0 Å². The molecule has 0 aliphatic heterocycles. The van der Waals surface area contributed by atoms with Crippen molar-refractivity contribution in [3.8, 4) is 0 Å². The average Bonchev–Trinajstić information content (AvgIpc) is 2.79. The van der Waals surface area contributed by atoms with Crippen LogP contribution >= 0.6 is 11.6 Å². The van der Waals surface area contributed by atoms with Gasteiger partial charge in [-0.2, -0.15) is 0 Å². The number of benzene rings is 1. The number of halogens is 1. The van der Waals surface area contributed by atoms with Gasteiger partial charge in [-0.3, -0.25) is 4.79 Å². The molecule has 1 fully saturated rings. The third-order valence-electron chi connectivity index (χ3n) is 3.65. The Morgan fingerprint density at radius 1 is 1.35 bits per heavy atom. The lowest BCUT2D eigenvalue weighted by molar-refractivity contribution is -0.120. The van der Waals surface area contributed by atoms with Crippen molar-refractivity contribution in [2.75, 3.05) is 17.2 Å². The SMILES string of the molecule is CCNc1ccc(Cl)cc1NC(=O)CC1(O)CCCC1. The first kappa shape index (κ1) is 15.1. The van der Waals surface area contributed by atoms with Crippen molar-refractivity contribution in [1.82, 2.24) is 0 Å². The molecule has 1 amide bonds. The third kappa shape index (κ3) is 3.87. The quantitative estimate of drug-likeness (QED) is 0.780. The highest BCUT2D eigenvalue weighted by Gasteiger charge is 2.33. The smallest absolute Gasteiger partial charge is 0.227 e. The number of carbonyl (C=O) groups excluding carboxylic acids is 1. The summed E-state index contributed by atoms with van der Waals surface area (Å²) in [7, 11) is 0. The third-order valence-corrected chi connectivity index (χ3v) is 3.88. The second kappa shape index (κ2) is 6.46. The molecule has 20 heavy (non-hydrogen) atoms. The van der Waals surface area contributed by atoms with Crippen molar-refractivity contribution in [1.29, 1.82) is 0 Å². The van der Waals surface area contributed by atoms with Crippen LogP contribution in [0.15, 0.2) is 18.2 Å². The van der Waals surface area contributed by atoms with Crippen LogP contribution in [0, 0.1) is 0 Å². The van der Waals surface area contributed by atoms with Gasteiger partial charge >= 0.3 is 0 Å². The van der Waals surface area contributed by atoms with E-state index in [1.807, 2.05) is 13.0 Å². The topological polar surface area (TPSA) is 61.4 Å². The van der Waals surface area contributed by atoms with Gasteiger partial charge in [0, 0.05) is 11.6 Å². The van der Waals surface area contributed by atoms with Gasteiger partial charge in [0.1, 0.15) is 0 Å². The van der Waals surface area contributed by atoms with E-state index in [9.17, 15) is 9.90 Å². The molecule has 1 aliphatic carbocycles. The van der Waals surface area contributed by atoms with E-state index in [2.05, 4.69) is 10.6 Å². The zero-order chi connectivity index (χ0) is 14.6. The van der Waals surface area contributed by atoms with Gasteiger partial charge in [-0.15, -0.1) is 0 Å². The lowest BCUT2D eigenvalue weighted by Gasteiger charge is -2.21. The Kier molecular flexibility index (Phi) is 4.89. The Morgan fingerprint density at radius 2 is 2.05 bits per heavy atom. The molecular weight excluding hydrogens is 276 g/mol. The van der Waals surface area contributed by atoms with Crippen LogP contribution in [0.25, 0.3) is 0 Å². The predicted octanol–water partition coefficient (Wildman–Crippen LogP) is 3.41. The molecule has 2 rings (SSSR count). The van der Waals surface area contributed by atoms with Crippen LogP contribution in [-0.2, 0) is 4.79 Å². The molecule has 5 heteroatoms. The minimum atomic E-state index is -0.832. The largest absolute Gasteiger partial charge is 0.389 e. The zero-order valence-corrected chi connectivity index (χ0v) is 12.5. The van der Waals surface area contributed by atoms with E-state index in [0.29, 0.717) is 23.6 Å². The van der Waals surface area contributed by atoms with Crippen molar-refractivity contribution >= 4 is 28.9 Å². The summed E-state index contributed by atoms with van der Waals surface area (Å²) in [6.07, 6.45) is 3.53. The summed E-state index contributed by atoms with van der Waals surface area (Å²) in [6, 6.07) is 5.33. The van der Waals surface area contributed by atoms with Crippen LogP contribution in [-0.4, -0.2) is 23.2 Å². The van der Waals surface area contributed by atoms with Gasteiger partial charge < -0.3 is 15.7 Å². The highest BCUT2D eigenvalue weighted by Crippen LogP contribution is 2.33. The maximum absolute atomic E-state index is 12.1. The summed E-state index contributed by atoms with van der Waals surface area (Å²) in [4.78, 5) is 12.1. The van der Waals surface area contributed by atoms with E-state index in [4.69, 9.17) is 11.6 Å². The number of amides is 1. The molecule has 1 aromatic rings. The average molecular weight is 297 g/mol. The minimum Gasteiger partial charge on any atom is -0.389 e. The van der Waals surface area contributed by atoms with E-state index in [-0.39, 0.29) is 12.3 Å². The van der Waals surface area contributed by atoms with E-state index >= 15 is 0 Å². The van der Waals surface area contributed by atoms with Gasteiger partial charge in [-0.25, -0.2) is 0 Å². The monoisotopic (exact) mass is 296 g/mol. The lowest BCUT2D eigenvalue weighted by Crippen LogP contribution is -2.30. The molecule has 3 N–H and O–H groups in total. The fourth-order valence-corrected chi connectivity index (χ4v) is 2.84. The van der Waals surface area contributed by atoms with Crippen LogP contribution in [0.2, 0.25) is 5.02 Å². The summed E-state index contributed by atoms with van der Waals surface area (Å²) < 4.78 is 0. The van der Waals surface area contributed by atoms with Crippen molar-refractivity contribution in [2.45, 2.75) is 44.6 Å². The first-order chi connectivity index (χ1) is 9.52. The normalized spacial score (nSPS) is 16.9. The molecule has 0 heterocycles. The van der Waals surface area contributed by atoms with Gasteiger partial charge in [0.2, 0.25) is 5.91 Å². The molecule has 4 nitrogen and oxygen atoms in total. The molecule has 0 saturated heterocycles. The van der Waals surface area contributed by atoms with Gasteiger partial charge in [0.25, 0.3) is 0 Å². The number of nitrogens with one attached hydrogen (secondary N) is 2. The van der Waals surface area contributed by atoms with Crippen molar-refractivity contribution in [3.63, 3.8) is 0 Å². The van der Waals surface area contributed by atoms with E-state index < -0.39 is 5.60 Å². The maximum Gasteiger partial charge on any atom is 0.227 e. The van der Waals surface area contributed by atoms with Crippen LogP contribution < -0.4 is 10.6 Å². The van der Waals surface area contributed by atoms with Crippen LogP contribution in [0.4, 0.5) is 11.4 Å². The molecule has 0 radical (unpaired) electrons. The molecule has 110 valence electrons. The van der Waals surface area contributed by atoms with Crippen molar-refractivity contribution < 1.29 is 9.90 Å². The van der Waals surface area contributed by atoms with Gasteiger partial charge in [0.05, 0.1) is 23.4 Å². The number of carbonyl (C=O) groups is 1. The molecule has 1 saturated carbocycles. The predicted molar refractivity (Wildman–Crippen MR) is 82.3 cm³/mol. The molecule has 0 unspecified atom stereocenters. The van der Waals surface area contributed by atoms with Gasteiger partial charge in [-0.05, 0) is 38.0 Å². The highest BCUT2D eigenvalue weighted by molar-refractivity contribution is 6.31. The van der Waals surface area contributed by atoms with Crippen LogP contribution in [0.5, 0.6) is 0 Å². The second-order valence-corrected chi connectivity index (χ2v) is 5.81. The Labute approximate surface area is 124 Å². The molecule has 1 aromatic carbocycles. The summed E-state index contributed by atoms with van der Waals surface area (Å²) in [6.45, 7) is 2.75. The second-order valence-electron chi connectivity index (χ2n) is 5.38. The molecule has 0 spiro atoms. The number of anilines is 2. The Balaban J connectivity index is 2.04.